The van der Waals surface area contributed by atoms with Crippen LogP contribution in [0.1, 0.15) is 13.3 Å². The molecule has 0 fully saturated rings. The SMILES string of the molecule is CC(O[Si](C)(C)C)C(CC(F)(F)F)[SiH](C)O. The summed E-state index contributed by atoms with van der Waals surface area (Å²) in [5.41, 5.74) is -0.758. The molecule has 0 aliphatic heterocycles. The van der Waals surface area contributed by atoms with Crippen LogP contribution in [-0.4, -0.2) is 34.4 Å². The molecule has 0 saturated carbocycles. The molecule has 1 N–H and O–H groups in total. The molecule has 98 valence electrons. The zero-order valence-electron chi connectivity index (χ0n) is 10.4. The Morgan fingerprint density at radius 1 is 1.31 bits per heavy atom. The second kappa shape index (κ2) is 5.66. The lowest BCUT2D eigenvalue weighted by atomic mass is 10.2. The summed E-state index contributed by atoms with van der Waals surface area (Å²) >= 11 is 0. The zero-order chi connectivity index (χ0) is 13.1. The van der Waals surface area contributed by atoms with Gasteiger partial charge in [-0.3, -0.25) is 0 Å². The maximum atomic E-state index is 12.3. The van der Waals surface area contributed by atoms with Crippen LogP contribution >= 0.6 is 0 Å². The molecule has 2 nitrogen and oxygen atoms in total. The highest BCUT2D eigenvalue weighted by Gasteiger charge is 2.38. The van der Waals surface area contributed by atoms with Gasteiger partial charge in [-0.05, 0) is 33.1 Å². The second-order valence-corrected chi connectivity index (χ2v) is 12.0. The summed E-state index contributed by atoms with van der Waals surface area (Å²) in [6.07, 6.45) is -5.69. The third-order valence-corrected chi connectivity index (χ3v) is 5.33. The molecule has 7 heteroatoms. The summed E-state index contributed by atoms with van der Waals surface area (Å²) in [7, 11) is -4.22. The first-order chi connectivity index (χ1) is 6.92. The van der Waals surface area contributed by atoms with Gasteiger partial charge in [-0.2, -0.15) is 13.2 Å². The summed E-state index contributed by atoms with van der Waals surface area (Å²) in [6, 6.07) is 0. The highest BCUT2D eigenvalue weighted by molar-refractivity contribution is 6.69. The molecule has 0 amide bonds. The van der Waals surface area contributed by atoms with E-state index < -0.39 is 41.6 Å². The molecule has 3 atom stereocenters. The lowest BCUT2D eigenvalue weighted by molar-refractivity contribution is -0.139. The third-order valence-electron chi connectivity index (χ3n) is 2.23. The second-order valence-electron chi connectivity index (χ2n) is 5.16. The fourth-order valence-electron chi connectivity index (χ4n) is 1.64. The van der Waals surface area contributed by atoms with Crippen molar-refractivity contribution in [1.82, 2.24) is 0 Å². The number of hydrogen-bond acceptors (Lipinski definition) is 2. The predicted octanol–water partition coefficient (Wildman–Crippen LogP) is 2.89. The van der Waals surface area contributed by atoms with Crippen molar-refractivity contribution in [3.63, 3.8) is 0 Å². The van der Waals surface area contributed by atoms with E-state index >= 15 is 0 Å². The Hall–Kier alpha value is 0.144. The minimum Gasteiger partial charge on any atom is -0.435 e. The first-order valence-electron chi connectivity index (χ1n) is 5.35. The Kier molecular flexibility index (Phi) is 5.71. The van der Waals surface area contributed by atoms with Crippen molar-refractivity contribution in [2.75, 3.05) is 0 Å². The van der Waals surface area contributed by atoms with Crippen molar-refractivity contribution in [1.29, 1.82) is 0 Å². The number of hydrogen-bond donors (Lipinski definition) is 1. The van der Waals surface area contributed by atoms with Crippen LogP contribution in [0, 0.1) is 0 Å². The monoisotopic (exact) mass is 274 g/mol. The van der Waals surface area contributed by atoms with E-state index in [4.69, 9.17) is 4.43 Å². The van der Waals surface area contributed by atoms with E-state index in [0.29, 0.717) is 0 Å². The number of alkyl halides is 3. The summed E-state index contributed by atoms with van der Waals surface area (Å²) in [5, 5.41) is 0. The predicted molar refractivity (Wildman–Crippen MR) is 63.5 cm³/mol. The van der Waals surface area contributed by atoms with Gasteiger partial charge >= 0.3 is 6.18 Å². The summed E-state index contributed by atoms with van der Waals surface area (Å²) in [5.74, 6) is 0. The zero-order valence-corrected chi connectivity index (χ0v) is 12.6. The van der Waals surface area contributed by atoms with Gasteiger partial charge in [0.15, 0.2) is 17.4 Å². The number of halogens is 3. The molecule has 0 radical (unpaired) electrons. The van der Waals surface area contributed by atoms with Crippen LogP contribution in [0.4, 0.5) is 13.2 Å². The third kappa shape index (κ3) is 7.42. The van der Waals surface area contributed by atoms with Gasteiger partial charge in [0, 0.05) is 18.1 Å². The lowest BCUT2D eigenvalue weighted by Crippen LogP contribution is -2.38. The maximum absolute atomic E-state index is 12.3. The quantitative estimate of drug-likeness (QED) is 0.781. The highest BCUT2D eigenvalue weighted by Crippen LogP contribution is 2.33. The molecule has 0 bridgehead atoms. The van der Waals surface area contributed by atoms with Crippen LogP contribution in [-0.2, 0) is 4.43 Å². The Labute approximate surface area is 97.7 Å². The van der Waals surface area contributed by atoms with Gasteiger partial charge in [0.05, 0.1) is 0 Å². The van der Waals surface area contributed by atoms with E-state index in [-0.39, 0.29) is 0 Å². The smallest absolute Gasteiger partial charge is 0.389 e. The van der Waals surface area contributed by atoms with Crippen molar-refractivity contribution in [3.8, 4) is 0 Å². The van der Waals surface area contributed by atoms with E-state index in [1.54, 1.807) is 6.92 Å². The van der Waals surface area contributed by atoms with Gasteiger partial charge in [0.1, 0.15) is 0 Å². The summed E-state index contributed by atoms with van der Waals surface area (Å²) in [4.78, 5) is 9.52. The molecular formula is C9H21F3O2Si2. The van der Waals surface area contributed by atoms with Crippen LogP contribution in [0.2, 0.25) is 31.7 Å². The average Bonchev–Trinajstić information content (AvgIpc) is 1.94. The first-order valence-corrected chi connectivity index (χ1v) is 11.1. The lowest BCUT2D eigenvalue weighted by Gasteiger charge is -2.31. The molecule has 16 heavy (non-hydrogen) atoms. The molecule has 0 saturated heterocycles. The standard InChI is InChI=1S/C9H21F3O2Si2/c1-7(14-16(3,4)5)8(15(2)13)6-9(10,11)12/h7-8,13,15H,6H2,1-5H3. The van der Waals surface area contributed by atoms with Crippen LogP contribution in [0.3, 0.4) is 0 Å². The molecule has 0 heterocycles. The topological polar surface area (TPSA) is 29.5 Å². The number of rotatable bonds is 5. The molecule has 3 unspecified atom stereocenters. The van der Waals surface area contributed by atoms with Crippen LogP contribution in [0.5, 0.6) is 0 Å². The van der Waals surface area contributed by atoms with Gasteiger partial charge in [-0.15, -0.1) is 0 Å². The molecule has 0 aromatic heterocycles. The average molecular weight is 274 g/mol. The van der Waals surface area contributed by atoms with Crippen molar-refractivity contribution in [2.45, 2.75) is 57.4 Å². The fourth-order valence-corrected chi connectivity index (χ4v) is 4.56. The normalized spacial score (nSPS) is 19.3. The molecule has 0 aromatic carbocycles. The molecule has 0 aliphatic rings. The Bertz CT molecular complexity index is 214. The van der Waals surface area contributed by atoms with Crippen LogP contribution in [0.15, 0.2) is 0 Å². The van der Waals surface area contributed by atoms with E-state index in [9.17, 15) is 18.0 Å². The van der Waals surface area contributed by atoms with Crippen molar-refractivity contribution in [2.24, 2.45) is 0 Å². The highest BCUT2D eigenvalue weighted by atomic mass is 28.4. The van der Waals surface area contributed by atoms with E-state index in [1.807, 2.05) is 19.6 Å². The largest absolute Gasteiger partial charge is 0.435 e. The molecule has 0 rings (SSSR count). The maximum Gasteiger partial charge on any atom is 0.389 e. The van der Waals surface area contributed by atoms with Crippen molar-refractivity contribution >= 4 is 17.4 Å². The molecule has 0 spiro atoms. The Morgan fingerprint density at radius 2 is 1.75 bits per heavy atom. The summed E-state index contributed by atoms with van der Waals surface area (Å²) in [6.45, 7) is 8.93. The first kappa shape index (κ1) is 16.1. The van der Waals surface area contributed by atoms with Crippen LogP contribution in [0.25, 0.3) is 0 Å². The van der Waals surface area contributed by atoms with Gasteiger partial charge in [-0.1, -0.05) is 0 Å². The van der Waals surface area contributed by atoms with Gasteiger partial charge < -0.3 is 9.22 Å². The Morgan fingerprint density at radius 3 is 2.00 bits per heavy atom. The van der Waals surface area contributed by atoms with Gasteiger partial charge in [0.2, 0.25) is 0 Å². The van der Waals surface area contributed by atoms with E-state index in [2.05, 4.69) is 0 Å². The van der Waals surface area contributed by atoms with Gasteiger partial charge in [0.25, 0.3) is 0 Å². The van der Waals surface area contributed by atoms with Crippen LogP contribution < -0.4 is 0 Å². The molecule has 0 aromatic rings. The van der Waals surface area contributed by atoms with E-state index in [1.165, 1.54) is 6.55 Å². The van der Waals surface area contributed by atoms with Crippen molar-refractivity contribution in [3.05, 3.63) is 0 Å². The fraction of sp³-hybridized carbons (Fsp3) is 1.00. The van der Waals surface area contributed by atoms with E-state index in [0.717, 1.165) is 0 Å². The minimum atomic E-state index is -4.23. The summed E-state index contributed by atoms with van der Waals surface area (Å²) < 4.78 is 42.6. The van der Waals surface area contributed by atoms with Crippen molar-refractivity contribution < 1.29 is 22.4 Å². The molecule has 0 aliphatic carbocycles. The minimum absolute atomic E-state index is 0.514. The Balaban J connectivity index is 4.54. The van der Waals surface area contributed by atoms with Gasteiger partial charge in [-0.25, -0.2) is 0 Å². The molecular weight excluding hydrogens is 253 g/mol.